The SMILES string of the molecule is Cc1ncc(CN2CCCC3(CCCN(Cc4cnc(C)o4)C3)C2)o1. The predicted molar refractivity (Wildman–Crippen MR) is 93.9 cm³/mol. The minimum Gasteiger partial charge on any atom is -0.445 e. The van der Waals surface area contributed by atoms with Crippen molar-refractivity contribution in [3.63, 3.8) is 0 Å². The Morgan fingerprint density at radius 1 is 0.880 bits per heavy atom. The molecular weight excluding hydrogens is 316 g/mol. The first-order chi connectivity index (χ1) is 12.1. The Bertz CT molecular complexity index is 648. The van der Waals surface area contributed by atoms with Crippen LogP contribution < -0.4 is 0 Å². The van der Waals surface area contributed by atoms with E-state index in [0.29, 0.717) is 5.41 Å². The molecule has 0 aromatic carbocycles. The van der Waals surface area contributed by atoms with Crippen molar-refractivity contribution in [2.45, 2.75) is 52.6 Å². The molecule has 6 heteroatoms. The first-order valence-corrected chi connectivity index (χ1v) is 9.38. The lowest BCUT2D eigenvalue weighted by Gasteiger charge is -2.48. The van der Waals surface area contributed by atoms with E-state index in [1.165, 1.54) is 25.7 Å². The van der Waals surface area contributed by atoms with E-state index in [4.69, 9.17) is 8.83 Å². The molecule has 2 aromatic rings. The zero-order chi connectivity index (χ0) is 17.3. The van der Waals surface area contributed by atoms with E-state index in [-0.39, 0.29) is 0 Å². The average molecular weight is 344 g/mol. The Labute approximate surface area is 149 Å². The molecule has 6 nitrogen and oxygen atoms in total. The van der Waals surface area contributed by atoms with Gasteiger partial charge in [0.25, 0.3) is 0 Å². The van der Waals surface area contributed by atoms with Crippen molar-refractivity contribution in [1.82, 2.24) is 19.8 Å². The topological polar surface area (TPSA) is 58.5 Å². The number of rotatable bonds is 4. The maximum Gasteiger partial charge on any atom is 0.191 e. The molecule has 25 heavy (non-hydrogen) atoms. The van der Waals surface area contributed by atoms with E-state index in [1.807, 2.05) is 26.2 Å². The molecule has 0 radical (unpaired) electrons. The van der Waals surface area contributed by atoms with Crippen LogP contribution in [0.15, 0.2) is 21.2 Å². The van der Waals surface area contributed by atoms with Gasteiger partial charge in [-0.25, -0.2) is 9.97 Å². The van der Waals surface area contributed by atoms with Gasteiger partial charge in [-0.2, -0.15) is 0 Å². The standard InChI is InChI=1S/C19H28N4O2/c1-15-20-9-17(24-15)11-22-7-3-5-19(13-22)6-4-8-23(14-19)12-18-10-21-16(2)25-18/h9-10H,3-8,11-14H2,1-2H3. The van der Waals surface area contributed by atoms with Crippen molar-refractivity contribution >= 4 is 0 Å². The number of oxazole rings is 2. The molecule has 1 spiro atoms. The van der Waals surface area contributed by atoms with Gasteiger partial charge in [0, 0.05) is 26.9 Å². The van der Waals surface area contributed by atoms with Crippen molar-refractivity contribution < 1.29 is 8.83 Å². The fourth-order valence-corrected chi connectivity index (χ4v) is 4.62. The molecule has 0 bridgehead atoms. The average Bonchev–Trinajstić information content (AvgIpc) is 3.16. The van der Waals surface area contributed by atoms with Gasteiger partial charge in [0.1, 0.15) is 11.5 Å². The second kappa shape index (κ2) is 6.92. The largest absolute Gasteiger partial charge is 0.445 e. The monoisotopic (exact) mass is 344 g/mol. The Morgan fingerprint density at radius 2 is 1.36 bits per heavy atom. The molecule has 136 valence electrons. The van der Waals surface area contributed by atoms with Crippen LogP contribution in [0.4, 0.5) is 0 Å². The van der Waals surface area contributed by atoms with Crippen LogP contribution in [0.5, 0.6) is 0 Å². The van der Waals surface area contributed by atoms with Crippen molar-refractivity contribution in [2.75, 3.05) is 26.2 Å². The molecule has 0 amide bonds. The zero-order valence-corrected chi connectivity index (χ0v) is 15.3. The molecule has 0 N–H and O–H groups in total. The summed E-state index contributed by atoms with van der Waals surface area (Å²) in [6.45, 7) is 10.2. The lowest BCUT2D eigenvalue weighted by Crippen LogP contribution is -2.51. The maximum atomic E-state index is 5.68. The smallest absolute Gasteiger partial charge is 0.191 e. The van der Waals surface area contributed by atoms with Gasteiger partial charge in [-0.1, -0.05) is 0 Å². The highest BCUT2D eigenvalue weighted by Gasteiger charge is 2.39. The van der Waals surface area contributed by atoms with Gasteiger partial charge in [-0.05, 0) is 44.2 Å². The summed E-state index contributed by atoms with van der Waals surface area (Å²) in [5, 5.41) is 0. The summed E-state index contributed by atoms with van der Waals surface area (Å²) in [6, 6.07) is 0. The fourth-order valence-electron chi connectivity index (χ4n) is 4.62. The molecule has 0 unspecified atom stereocenters. The first kappa shape index (κ1) is 16.8. The normalized spacial score (nSPS) is 21.8. The van der Waals surface area contributed by atoms with Gasteiger partial charge in [0.05, 0.1) is 25.5 Å². The van der Waals surface area contributed by atoms with Crippen LogP contribution in [0, 0.1) is 19.3 Å². The highest BCUT2D eigenvalue weighted by atomic mass is 16.4. The molecule has 4 rings (SSSR count). The lowest BCUT2D eigenvalue weighted by atomic mass is 9.73. The first-order valence-electron chi connectivity index (χ1n) is 9.38. The van der Waals surface area contributed by atoms with E-state index in [2.05, 4.69) is 19.8 Å². The number of aromatic nitrogens is 2. The molecule has 2 saturated heterocycles. The zero-order valence-electron chi connectivity index (χ0n) is 15.3. The van der Waals surface area contributed by atoms with Crippen LogP contribution in [0.1, 0.15) is 49.0 Å². The molecule has 2 aliphatic heterocycles. The van der Waals surface area contributed by atoms with Gasteiger partial charge >= 0.3 is 0 Å². The number of nitrogens with zero attached hydrogens (tertiary/aromatic N) is 4. The summed E-state index contributed by atoms with van der Waals surface area (Å²) >= 11 is 0. The number of likely N-dealkylation sites (tertiary alicyclic amines) is 2. The van der Waals surface area contributed by atoms with Gasteiger partial charge in [0.15, 0.2) is 11.8 Å². The third-order valence-corrected chi connectivity index (χ3v) is 5.58. The number of hydrogen-bond acceptors (Lipinski definition) is 6. The third kappa shape index (κ3) is 3.96. The Kier molecular flexibility index (Phi) is 4.65. The second-order valence-electron chi connectivity index (χ2n) is 7.82. The minimum atomic E-state index is 0.403. The Hall–Kier alpha value is -1.66. The highest BCUT2D eigenvalue weighted by molar-refractivity contribution is 4.99. The molecule has 0 atom stereocenters. The molecule has 0 aliphatic carbocycles. The van der Waals surface area contributed by atoms with Crippen molar-refractivity contribution in [2.24, 2.45) is 5.41 Å². The van der Waals surface area contributed by atoms with Crippen molar-refractivity contribution in [3.8, 4) is 0 Å². The van der Waals surface area contributed by atoms with Crippen LogP contribution in [0.2, 0.25) is 0 Å². The summed E-state index contributed by atoms with van der Waals surface area (Å²) in [4.78, 5) is 13.6. The van der Waals surface area contributed by atoms with Crippen LogP contribution in [-0.2, 0) is 13.1 Å². The number of hydrogen-bond donors (Lipinski definition) is 0. The highest BCUT2D eigenvalue weighted by Crippen LogP contribution is 2.39. The summed E-state index contributed by atoms with van der Waals surface area (Å²) in [7, 11) is 0. The van der Waals surface area contributed by atoms with Gasteiger partial charge in [0.2, 0.25) is 0 Å². The van der Waals surface area contributed by atoms with E-state index < -0.39 is 0 Å². The Balaban J connectivity index is 1.39. The number of piperidine rings is 2. The van der Waals surface area contributed by atoms with Crippen LogP contribution >= 0.6 is 0 Å². The molecule has 2 aromatic heterocycles. The molecule has 2 aliphatic rings. The maximum absolute atomic E-state index is 5.68. The molecule has 4 heterocycles. The fraction of sp³-hybridized carbons (Fsp3) is 0.684. The van der Waals surface area contributed by atoms with Gasteiger partial charge < -0.3 is 8.83 Å². The second-order valence-corrected chi connectivity index (χ2v) is 7.82. The van der Waals surface area contributed by atoms with Crippen LogP contribution in [-0.4, -0.2) is 45.9 Å². The predicted octanol–water partition coefficient (Wildman–Crippen LogP) is 3.16. The minimum absolute atomic E-state index is 0.403. The van der Waals surface area contributed by atoms with Gasteiger partial charge in [-0.15, -0.1) is 0 Å². The third-order valence-electron chi connectivity index (χ3n) is 5.58. The van der Waals surface area contributed by atoms with Crippen molar-refractivity contribution in [1.29, 1.82) is 0 Å². The quantitative estimate of drug-likeness (QED) is 0.849. The van der Waals surface area contributed by atoms with Crippen LogP contribution in [0.25, 0.3) is 0 Å². The van der Waals surface area contributed by atoms with Gasteiger partial charge in [-0.3, -0.25) is 9.80 Å². The summed E-state index contributed by atoms with van der Waals surface area (Å²) in [6.07, 6.45) is 8.92. The lowest BCUT2D eigenvalue weighted by molar-refractivity contribution is 0.00365. The Morgan fingerprint density at radius 3 is 1.76 bits per heavy atom. The van der Waals surface area contributed by atoms with E-state index >= 15 is 0 Å². The molecular formula is C19H28N4O2. The van der Waals surface area contributed by atoms with E-state index in [9.17, 15) is 0 Å². The summed E-state index contributed by atoms with van der Waals surface area (Å²) in [5.74, 6) is 3.49. The summed E-state index contributed by atoms with van der Waals surface area (Å²) < 4.78 is 11.4. The molecule has 0 saturated carbocycles. The summed E-state index contributed by atoms with van der Waals surface area (Å²) in [5.41, 5.74) is 0.403. The van der Waals surface area contributed by atoms with Crippen LogP contribution in [0.3, 0.4) is 0 Å². The molecule has 2 fully saturated rings. The number of aryl methyl sites for hydroxylation is 2. The van der Waals surface area contributed by atoms with E-state index in [1.54, 1.807) is 0 Å². The van der Waals surface area contributed by atoms with E-state index in [0.717, 1.165) is 62.6 Å². The van der Waals surface area contributed by atoms with Crippen molar-refractivity contribution in [3.05, 3.63) is 35.7 Å².